The second-order valence-electron chi connectivity index (χ2n) is 21.0. The Morgan fingerprint density at radius 1 is 0.375 bits per heavy atom. The first-order chi connectivity index (χ1) is 43.3. The lowest BCUT2D eigenvalue weighted by molar-refractivity contribution is -0.319. The van der Waals surface area contributed by atoms with Gasteiger partial charge in [-0.05, 0) is 51.6 Å². The van der Waals surface area contributed by atoms with E-state index in [2.05, 4.69) is 20.6 Å². The summed E-state index contributed by atoms with van der Waals surface area (Å²) in [4.78, 5) is 27.5. The van der Waals surface area contributed by atoms with Crippen molar-refractivity contribution in [1.29, 1.82) is 0 Å². The number of nitrogens with zero attached hydrogens (tertiary/aromatic N) is 6. The van der Waals surface area contributed by atoms with Gasteiger partial charge in [0.1, 0.15) is 48.8 Å². The highest BCUT2D eigenvalue weighted by Gasteiger charge is 2.50. The Balaban J connectivity index is 0.759. The summed E-state index contributed by atoms with van der Waals surface area (Å²) in [6.45, 7) is 1.71. The Kier molecular flexibility index (Phi) is 21.4. The molecule has 0 unspecified atom stereocenters. The van der Waals surface area contributed by atoms with E-state index in [0.717, 1.165) is 33.4 Å². The third kappa shape index (κ3) is 16.5. The van der Waals surface area contributed by atoms with Gasteiger partial charge < -0.3 is 56.8 Å². The van der Waals surface area contributed by atoms with E-state index in [1.807, 2.05) is 182 Å². The zero-order valence-corrected chi connectivity index (χ0v) is 48.6. The van der Waals surface area contributed by atoms with E-state index >= 15 is 0 Å². The van der Waals surface area contributed by atoms with E-state index in [1.165, 1.54) is 46.0 Å². The Labute approximate surface area is 509 Å². The summed E-state index contributed by atoms with van der Waals surface area (Å²) in [5.74, 6) is -1.82. The van der Waals surface area contributed by atoms with E-state index in [1.54, 1.807) is 14.2 Å². The highest BCUT2D eigenvalue weighted by atomic mass is 16.7. The lowest BCUT2D eigenvalue weighted by Crippen LogP contribution is -2.61. The zero-order chi connectivity index (χ0) is 60.3. The van der Waals surface area contributed by atoms with Crippen LogP contribution in [0.25, 0.3) is 0 Å². The minimum atomic E-state index is -0.879. The molecule has 0 bridgehead atoms. The van der Waals surface area contributed by atoms with Crippen LogP contribution in [-0.4, -0.2) is 118 Å². The highest BCUT2D eigenvalue weighted by Crippen LogP contribution is 2.34. The SMILES string of the molecule is CO[C@H]1O[C@H](Cn2cc(OC(=O)c3cccc(C(=O)Oc4cn(C[C@H]5O[C@H](OC)[C@@H](OCc6ccccc6)[C@@H](OCc6ccccc6)[C@@H]5OCc5ccccc5)nn4)c3)nn2)[C@@H](OCc2ccccc2)[C@H](OCc2ccccc2)[C@@H]1OCc1ccccc1. The molecule has 0 N–H and O–H groups in total. The van der Waals surface area contributed by atoms with Crippen molar-refractivity contribution >= 4 is 11.9 Å². The topological polar surface area (TPSA) is 206 Å². The van der Waals surface area contributed by atoms with Gasteiger partial charge in [-0.2, -0.15) is 0 Å². The predicted octanol–water partition coefficient (Wildman–Crippen LogP) is 9.56. The van der Waals surface area contributed by atoms with Gasteiger partial charge in [0.25, 0.3) is 11.8 Å². The molecule has 2 saturated heterocycles. The summed E-state index contributed by atoms with van der Waals surface area (Å²) in [7, 11) is 3.10. The van der Waals surface area contributed by atoms with E-state index in [-0.39, 0.29) is 75.6 Å². The lowest BCUT2D eigenvalue weighted by atomic mass is 9.97. The van der Waals surface area contributed by atoms with Gasteiger partial charge in [-0.1, -0.05) is 209 Å². The number of carbonyl (C=O) groups is 2. The summed E-state index contributed by atoms with van der Waals surface area (Å²) in [6, 6.07) is 64.8. The van der Waals surface area contributed by atoms with Crippen molar-refractivity contribution < 1.29 is 66.4 Å². The van der Waals surface area contributed by atoms with Crippen LogP contribution in [0.5, 0.6) is 11.8 Å². The molecule has 0 aliphatic carbocycles. The molecule has 0 radical (unpaired) electrons. The Morgan fingerprint density at radius 3 is 0.955 bits per heavy atom. The van der Waals surface area contributed by atoms with E-state index in [0.29, 0.717) is 0 Å². The summed E-state index contributed by atoms with van der Waals surface area (Å²) >= 11 is 0. The highest BCUT2D eigenvalue weighted by molar-refractivity contribution is 5.96. The fraction of sp³-hybridized carbons (Fsp3) is 0.294. The van der Waals surface area contributed by atoms with E-state index < -0.39 is 73.4 Å². The van der Waals surface area contributed by atoms with Gasteiger partial charge in [0.15, 0.2) is 12.6 Å². The van der Waals surface area contributed by atoms with E-state index in [9.17, 15) is 9.59 Å². The van der Waals surface area contributed by atoms with Crippen molar-refractivity contribution in [2.24, 2.45) is 0 Å². The van der Waals surface area contributed by atoms with Crippen LogP contribution >= 0.6 is 0 Å². The molecular weight excluding hydrogens is 1120 g/mol. The normalized spacial score (nSPS) is 21.8. The van der Waals surface area contributed by atoms with Crippen molar-refractivity contribution in [2.45, 2.75) is 114 Å². The number of rotatable bonds is 28. The molecule has 20 nitrogen and oxygen atoms in total. The standard InChI is InChI=1S/C68H68N6O14/c1-77-67-63(83-45-51-30-17-7-18-31-51)61(81-43-49-26-13-5-14-27-49)59(79-41-47-22-9-3-10-23-47)55(85-67)37-73-39-57(69-71-73)87-65(75)53-34-21-35-54(36-53)66(76)88-58-40-74(72-70-58)38-56-60(80-42-48-24-11-4-12-25-48)62(82-44-50-28-15-6-16-29-50)64(68(78-2)86-56)84-46-52-32-19-8-20-33-52/h3-36,39-40,55-56,59-64,67-68H,37-38,41-46H2,1-2H3/t55-,56-,59-,60-,61+,62+,63+,64+,67+,68+/m1/s1. The molecule has 2 aromatic heterocycles. The fourth-order valence-corrected chi connectivity index (χ4v) is 10.4. The van der Waals surface area contributed by atoms with Crippen molar-refractivity contribution in [1.82, 2.24) is 30.0 Å². The molecule has 2 fully saturated rings. The van der Waals surface area contributed by atoms with Crippen molar-refractivity contribution in [3.05, 3.63) is 263 Å². The average molecular weight is 1190 g/mol. The molecule has 7 aromatic carbocycles. The fourth-order valence-electron chi connectivity index (χ4n) is 10.4. The van der Waals surface area contributed by atoms with Gasteiger partial charge in [0.05, 0.1) is 76.3 Å². The first-order valence-electron chi connectivity index (χ1n) is 29.0. The van der Waals surface area contributed by atoms with Gasteiger partial charge in [0.2, 0.25) is 0 Å². The van der Waals surface area contributed by atoms with Gasteiger partial charge in [-0.25, -0.2) is 19.0 Å². The summed E-state index contributed by atoms with van der Waals surface area (Å²) in [6.07, 6.45) is -4.53. The number of carbonyl (C=O) groups excluding carboxylic acids is 2. The van der Waals surface area contributed by atoms with Gasteiger partial charge in [-0.3, -0.25) is 0 Å². The molecule has 4 heterocycles. The molecule has 9 aromatic rings. The van der Waals surface area contributed by atoms with Gasteiger partial charge in [0, 0.05) is 14.2 Å². The van der Waals surface area contributed by atoms with Crippen molar-refractivity contribution in [2.75, 3.05) is 14.2 Å². The van der Waals surface area contributed by atoms with Crippen LogP contribution in [-0.2, 0) is 100 Å². The molecule has 454 valence electrons. The summed E-state index contributed by atoms with van der Waals surface area (Å²) in [5, 5.41) is 16.9. The maximum Gasteiger partial charge on any atom is 0.344 e. The van der Waals surface area contributed by atoms with Crippen LogP contribution in [0, 0.1) is 0 Å². The smallest absolute Gasteiger partial charge is 0.344 e. The predicted molar refractivity (Wildman–Crippen MR) is 318 cm³/mol. The molecule has 0 amide bonds. The zero-order valence-electron chi connectivity index (χ0n) is 48.6. The lowest BCUT2D eigenvalue weighted by Gasteiger charge is -2.45. The Hall–Kier alpha value is -8.64. The third-order valence-corrected chi connectivity index (χ3v) is 14.9. The monoisotopic (exact) mass is 1190 g/mol. The number of methoxy groups -OCH3 is 2. The molecular formula is C68H68N6O14. The van der Waals surface area contributed by atoms with Gasteiger partial charge >= 0.3 is 11.9 Å². The number of ether oxygens (including phenoxy) is 12. The molecule has 10 atom stereocenters. The van der Waals surface area contributed by atoms with Crippen molar-refractivity contribution in [3.8, 4) is 11.8 Å². The minimum absolute atomic E-state index is 0.0410. The Morgan fingerprint density at radius 2 is 0.659 bits per heavy atom. The maximum absolute atomic E-state index is 13.8. The number of benzene rings is 7. The summed E-state index contributed by atoms with van der Waals surface area (Å²) < 4.78 is 79.8. The molecule has 2 aliphatic heterocycles. The number of aromatic nitrogens is 6. The van der Waals surface area contributed by atoms with Crippen LogP contribution in [0.2, 0.25) is 0 Å². The molecule has 11 rings (SSSR count). The largest absolute Gasteiger partial charge is 0.400 e. The van der Waals surface area contributed by atoms with Crippen LogP contribution < -0.4 is 9.47 Å². The number of hydrogen-bond acceptors (Lipinski definition) is 18. The van der Waals surface area contributed by atoms with Crippen LogP contribution in [0.15, 0.2) is 219 Å². The quantitative estimate of drug-likeness (QED) is 0.0418. The van der Waals surface area contributed by atoms with Crippen LogP contribution in [0.3, 0.4) is 0 Å². The summed E-state index contributed by atoms with van der Waals surface area (Å²) in [5.41, 5.74) is 5.81. The first-order valence-corrected chi connectivity index (χ1v) is 29.0. The third-order valence-electron chi connectivity index (χ3n) is 14.9. The molecule has 0 saturated carbocycles. The second-order valence-corrected chi connectivity index (χ2v) is 21.0. The molecule has 0 spiro atoms. The van der Waals surface area contributed by atoms with Crippen LogP contribution in [0.1, 0.15) is 54.1 Å². The Bertz CT molecular complexity index is 3320. The molecule has 20 heteroatoms. The maximum atomic E-state index is 13.8. The second kappa shape index (κ2) is 30.8. The van der Waals surface area contributed by atoms with Crippen LogP contribution in [0.4, 0.5) is 0 Å². The minimum Gasteiger partial charge on any atom is -0.400 e. The molecule has 2 aliphatic rings. The van der Waals surface area contributed by atoms with Crippen molar-refractivity contribution in [3.63, 3.8) is 0 Å². The molecule has 88 heavy (non-hydrogen) atoms. The number of esters is 2. The first kappa shape index (κ1) is 61.0. The number of hydrogen-bond donors (Lipinski definition) is 0. The van der Waals surface area contributed by atoms with Gasteiger partial charge in [-0.15, -0.1) is 0 Å². The van der Waals surface area contributed by atoms with E-state index in [4.69, 9.17) is 56.8 Å². The average Bonchev–Trinajstić information content (AvgIpc) is 1.91.